The predicted molar refractivity (Wildman–Crippen MR) is 74.3 cm³/mol. The first kappa shape index (κ1) is 15.1. The molecule has 10 heteroatoms. The normalized spacial score (nSPS) is 22.6. The molecule has 0 aliphatic carbocycles. The molecule has 2 atom stereocenters. The van der Waals surface area contributed by atoms with Gasteiger partial charge in [-0.1, -0.05) is 11.8 Å². The van der Waals surface area contributed by atoms with Crippen molar-refractivity contribution in [3.05, 3.63) is 10.5 Å². The second kappa shape index (κ2) is 5.60. The van der Waals surface area contributed by atoms with Crippen LogP contribution in [0, 0.1) is 0 Å². The quantitative estimate of drug-likeness (QED) is 0.680. The summed E-state index contributed by atoms with van der Waals surface area (Å²) in [6.45, 7) is 1.68. The smallest absolute Gasteiger partial charge is 0.343 e. The number of aromatic nitrogens is 3. The molecule has 1 aromatic heterocycles. The molecule has 1 aromatic rings. The molecule has 112 valence electrons. The molecule has 1 saturated heterocycles. The second-order valence-electron chi connectivity index (χ2n) is 4.74. The Bertz CT molecular complexity index is 663. The van der Waals surface area contributed by atoms with Gasteiger partial charge in [0.05, 0.1) is 16.8 Å². The minimum Gasteiger partial charge on any atom is -0.351 e. The van der Waals surface area contributed by atoms with Gasteiger partial charge in [-0.3, -0.25) is 9.36 Å². The zero-order chi connectivity index (χ0) is 14.9. The highest BCUT2D eigenvalue weighted by molar-refractivity contribution is 8.00. The van der Waals surface area contributed by atoms with Gasteiger partial charge < -0.3 is 5.32 Å². The summed E-state index contributed by atoms with van der Waals surface area (Å²) >= 11 is 1.14. The van der Waals surface area contributed by atoms with Crippen LogP contribution in [0.25, 0.3) is 0 Å². The lowest BCUT2D eigenvalue weighted by molar-refractivity contribution is -0.120. The lowest BCUT2D eigenvalue weighted by Crippen LogP contribution is -2.40. The van der Waals surface area contributed by atoms with Crippen molar-refractivity contribution in [3.8, 4) is 0 Å². The number of carbonyl (C=O) groups excluding carboxylic acids is 1. The van der Waals surface area contributed by atoms with E-state index in [-0.39, 0.29) is 29.1 Å². The third-order valence-electron chi connectivity index (χ3n) is 3.07. The number of nitrogens with one attached hydrogen (secondary N) is 2. The van der Waals surface area contributed by atoms with Crippen molar-refractivity contribution in [2.45, 2.75) is 29.8 Å². The van der Waals surface area contributed by atoms with Gasteiger partial charge in [0.25, 0.3) is 0 Å². The molecule has 0 spiro atoms. The van der Waals surface area contributed by atoms with Crippen LogP contribution in [0.4, 0.5) is 0 Å². The zero-order valence-corrected chi connectivity index (χ0v) is 12.8. The molecule has 1 aliphatic heterocycles. The van der Waals surface area contributed by atoms with E-state index in [1.165, 1.54) is 4.57 Å². The third-order valence-corrected chi connectivity index (χ3v) is 5.98. The standard InChI is InChI=1S/C10H16N4O4S2/c1-6(19-10-13-12-9(16)14(10)2)8(15)11-7-3-4-20(17,18)5-7/h6-7H,3-5H2,1-2H3,(H,11,15)(H,12,16)/t6-,7-/m1/s1. The van der Waals surface area contributed by atoms with E-state index in [1.54, 1.807) is 14.0 Å². The van der Waals surface area contributed by atoms with Gasteiger partial charge in [-0.25, -0.2) is 18.3 Å². The first-order valence-electron chi connectivity index (χ1n) is 6.07. The van der Waals surface area contributed by atoms with Crippen LogP contribution in [-0.2, 0) is 21.7 Å². The van der Waals surface area contributed by atoms with Crippen LogP contribution in [0.2, 0.25) is 0 Å². The number of carbonyl (C=O) groups is 1. The maximum atomic E-state index is 12.0. The fourth-order valence-corrected chi connectivity index (χ4v) is 4.38. The van der Waals surface area contributed by atoms with Crippen molar-refractivity contribution in [1.82, 2.24) is 20.1 Å². The van der Waals surface area contributed by atoms with E-state index in [9.17, 15) is 18.0 Å². The number of rotatable bonds is 4. The van der Waals surface area contributed by atoms with Crippen molar-refractivity contribution < 1.29 is 13.2 Å². The van der Waals surface area contributed by atoms with Crippen LogP contribution in [0.15, 0.2) is 9.95 Å². The van der Waals surface area contributed by atoms with E-state index >= 15 is 0 Å². The molecule has 0 bridgehead atoms. The number of sulfone groups is 1. The van der Waals surface area contributed by atoms with E-state index < -0.39 is 15.1 Å². The lowest BCUT2D eigenvalue weighted by Gasteiger charge is -2.14. The molecular formula is C10H16N4O4S2. The number of H-pyrrole nitrogens is 1. The Morgan fingerprint density at radius 3 is 2.80 bits per heavy atom. The maximum absolute atomic E-state index is 12.0. The van der Waals surface area contributed by atoms with Crippen LogP contribution in [-0.4, -0.2) is 51.9 Å². The third kappa shape index (κ3) is 3.42. The number of hydrogen-bond donors (Lipinski definition) is 2. The summed E-state index contributed by atoms with van der Waals surface area (Å²) in [5.74, 6) is -0.141. The predicted octanol–water partition coefficient (Wildman–Crippen LogP) is -1.11. The van der Waals surface area contributed by atoms with E-state index in [2.05, 4.69) is 15.5 Å². The van der Waals surface area contributed by atoms with Gasteiger partial charge in [0, 0.05) is 13.1 Å². The number of aromatic amines is 1. The van der Waals surface area contributed by atoms with E-state index in [4.69, 9.17) is 0 Å². The Kier molecular flexibility index (Phi) is 4.23. The summed E-state index contributed by atoms with van der Waals surface area (Å²) < 4.78 is 24.0. The van der Waals surface area contributed by atoms with Crippen LogP contribution >= 0.6 is 11.8 Å². The Morgan fingerprint density at radius 1 is 1.60 bits per heavy atom. The number of hydrogen-bond acceptors (Lipinski definition) is 6. The Balaban J connectivity index is 1.93. The number of amides is 1. The molecule has 1 amide bonds. The minimum atomic E-state index is -3.01. The van der Waals surface area contributed by atoms with Gasteiger partial charge in [0.1, 0.15) is 0 Å². The fourth-order valence-electron chi connectivity index (χ4n) is 1.88. The molecule has 2 N–H and O–H groups in total. The number of nitrogens with zero attached hydrogens (tertiary/aromatic N) is 2. The molecule has 0 aromatic carbocycles. The summed E-state index contributed by atoms with van der Waals surface area (Å²) in [5.41, 5.74) is -0.345. The summed E-state index contributed by atoms with van der Waals surface area (Å²) in [7, 11) is -1.46. The van der Waals surface area contributed by atoms with Gasteiger partial charge in [0.15, 0.2) is 15.0 Å². The highest BCUT2D eigenvalue weighted by atomic mass is 32.2. The van der Waals surface area contributed by atoms with Gasteiger partial charge in [-0.15, -0.1) is 5.10 Å². The highest BCUT2D eigenvalue weighted by Crippen LogP contribution is 2.20. The van der Waals surface area contributed by atoms with Crippen molar-refractivity contribution in [3.63, 3.8) is 0 Å². The average Bonchev–Trinajstić information content (AvgIpc) is 2.85. The monoisotopic (exact) mass is 320 g/mol. The van der Waals surface area contributed by atoms with Gasteiger partial charge in [0.2, 0.25) is 5.91 Å². The molecule has 0 radical (unpaired) electrons. The molecule has 2 heterocycles. The fraction of sp³-hybridized carbons (Fsp3) is 0.700. The minimum absolute atomic E-state index is 0.00296. The van der Waals surface area contributed by atoms with E-state index in [0.29, 0.717) is 11.6 Å². The summed E-state index contributed by atoms with van der Waals surface area (Å²) in [6.07, 6.45) is 0.451. The Morgan fingerprint density at radius 2 is 2.30 bits per heavy atom. The van der Waals surface area contributed by atoms with Crippen LogP contribution in [0.1, 0.15) is 13.3 Å². The van der Waals surface area contributed by atoms with E-state index in [0.717, 1.165) is 11.8 Å². The molecule has 0 unspecified atom stereocenters. The molecule has 8 nitrogen and oxygen atoms in total. The molecule has 1 aliphatic rings. The summed E-state index contributed by atoms with van der Waals surface area (Å²) in [6, 6.07) is -0.321. The molecular weight excluding hydrogens is 304 g/mol. The van der Waals surface area contributed by atoms with Crippen molar-refractivity contribution in [2.75, 3.05) is 11.5 Å². The summed E-state index contributed by atoms with van der Waals surface area (Å²) in [5, 5.41) is 8.76. The van der Waals surface area contributed by atoms with Crippen molar-refractivity contribution in [1.29, 1.82) is 0 Å². The van der Waals surface area contributed by atoms with Gasteiger partial charge in [-0.05, 0) is 13.3 Å². The SMILES string of the molecule is C[C@@H](Sc1n[nH]c(=O)n1C)C(=O)N[C@@H]1CCS(=O)(=O)C1. The van der Waals surface area contributed by atoms with Crippen molar-refractivity contribution in [2.24, 2.45) is 7.05 Å². The molecule has 0 saturated carbocycles. The zero-order valence-electron chi connectivity index (χ0n) is 11.1. The van der Waals surface area contributed by atoms with Crippen LogP contribution in [0.5, 0.6) is 0 Å². The largest absolute Gasteiger partial charge is 0.351 e. The molecule has 20 heavy (non-hydrogen) atoms. The topological polar surface area (TPSA) is 114 Å². The summed E-state index contributed by atoms with van der Waals surface area (Å²) in [4.78, 5) is 23.2. The molecule has 2 rings (SSSR count). The highest BCUT2D eigenvalue weighted by Gasteiger charge is 2.30. The van der Waals surface area contributed by atoms with Crippen molar-refractivity contribution >= 4 is 27.5 Å². The number of thioether (sulfide) groups is 1. The first-order valence-corrected chi connectivity index (χ1v) is 8.77. The van der Waals surface area contributed by atoms with E-state index in [1.807, 2.05) is 0 Å². The first-order chi connectivity index (χ1) is 9.28. The van der Waals surface area contributed by atoms with Crippen LogP contribution < -0.4 is 11.0 Å². The van der Waals surface area contributed by atoms with Gasteiger partial charge >= 0.3 is 5.69 Å². The maximum Gasteiger partial charge on any atom is 0.343 e. The van der Waals surface area contributed by atoms with Crippen LogP contribution in [0.3, 0.4) is 0 Å². The van der Waals surface area contributed by atoms with Gasteiger partial charge in [-0.2, -0.15) is 0 Å². The Hall–Kier alpha value is -1.29. The Labute approximate surface area is 120 Å². The average molecular weight is 320 g/mol. The lowest BCUT2D eigenvalue weighted by atomic mass is 10.2. The molecule has 1 fully saturated rings. The second-order valence-corrected chi connectivity index (χ2v) is 8.28.